The highest BCUT2D eigenvalue weighted by Gasteiger charge is 2.25. The van der Waals surface area contributed by atoms with Gasteiger partial charge in [0.15, 0.2) is 0 Å². The zero-order valence-electron chi connectivity index (χ0n) is 12.4. The van der Waals surface area contributed by atoms with Crippen LogP contribution in [0, 0.1) is 0 Å². The van der Waals surface area contributed by atoms with Gasteiger partial charge >= 0.3 is 0 Å². The first-order valence-corrected chi connectivity index (χ1v) is 7.98. The fourth-order valence-corrected chi connectivity index (χ4v) is 3.08. The van der Waals surface area contributed by atoms with Gasteiger partial charge in [-0.05, 0) is 18.2 Å². The highest BCUT2D eigenvalue weighted by atomic mass is 35.5. The molecule has 0 bridgehead atoms. The van der Waals surface area contributed by atoms with Crippen molar-refractivity contribution in [2.75, 3.05) is 13.1 Å². The number of halogens is 1. The molecule has 0 spiro atoms. The van der Waals surface area contributed by atoms with Crippen molar-refractivity contribution in [3.05, 3.63) is 64.7 Å². The Morgan fingerprint density at radius 1 is 1.23 bits per heavy atom. The van der Waals surface area contributed by atoms with Crippen LogP contribution in [-0.4, -0.2) is 30.5 Å². The van der Waals surface area contributed by atoms with Crippen LogP contribution >= 0.6 is 11.6 Å². The van der Waals surface area contributed by atoms with Crippen LogP contribution in [0.15, 0.2) is 53.5 Å². The zero-order chi connectivity index (χ0) is 15.4. The summed E-state index contributed by atoms with van der Waals surface area (Å²) < 4.78 is 0. The number of phenolic OH excluding ortho intramolecular Hbond substituents is 1. The molecule has 1 aliphatic rings. The van der Waals surface area contributed by atoms with Crippen molar-refractivity contribution in [2.24, 2.45) is 4.99 Å². The van der Waals surface area contributed by atoms with E-state index in [0.717, 1.165) is 26.1 Å². The van der Waals surface area contributed by atoms with Crippen molar-refractivity contribution in [2.45, 2.75) is 19.0 Å². The average Bonchev–Trinajstić information content (AvgIpc) is 2.97. The number of aromatic hydroxyl groups is 1. The van der Waals surface area contributed by atoms with Crippen LogP contribution < -0.4 is 4.90 Å². The number of quaternary nitrogens is 1. The Bertz CT molecular complexity index is 657. The summed E-state index contributed by atoms with van der Waals surface area (Å²) in [5.41, 5.74) is 2.05. The second-order valence-electron chi connectivity index (χ2n) is 5.79. The van der Waals surface area contributed by atoms with Gasteiger partial charge < -0.3 is 10.0 Å². The zero-order valence-corrected chi connectivity index (χ0v) is 13.1. The van der Waals surface area contributed by atoms with Crippen molar-refractivity contribution in [3.63, 3.8) is 0 Å². The van der Waals surface area contributed by atoms with Crippen LogP contribution in [0.5, 0.6) is 5.75 Å². The number of rotatable bonds is 4. The molecular formula is C18H20ClN2O+. The summed E-state index contributed by atoms with van der Waals surface area (Å²) in [4.78, 5) is 6.18. The van der Waals surface area contributed by atoms with Gasteiger partial charge in [-0.15, -0.1) is 0 Å². The van der Waals surface area contributed by atoms with E-state index in [9.17, 15) is 5.11 Å². The maximum Gasteiger partial charge on any atom is 0.124 e. The molecule has 4 heteroatoms. The van der Waals surface area contributed by atoms with E-state index in [1.165, 1.54) is 5.56 Å². The molecular weight excluding hydrogens is 296 g/mol. The summed E-state index contributed by atoms with van der Waals surface area (Å²) in [5, 5.41) is 10.4. The van der Waals surface area contributed by atoms with Gasteiger partial charge in [0.2, 0.25) is 0 Å². The average molecular weight is 316 g/mol. The predicted octanol–water partition coefficient (Wildman–Crippen LogP) is 2.32. The minimum atomic E-state index is 0.222. The van der Waals surface area contributed by atoms with Crippen molar-refractivity contribution in [3.8, 4) is 5.75 Å². The van der Waals surface area contributed by atoms with Crippen LogP contribution in [0.3, 0.4) is 0 Å². The third-order valence-electron chi connectivity index (χ3n) is 4.07. The molecule has 2 N–H and O–H groups in total. The largest absolute Gasteiger partial charge is 0.507 e. The molecule has 0 amide bonds. The van der Waals surface area contributed by atoms with Crippen LogP contribution in [0.4, 0.5) is 0 Å². The van der Waals surface area contributed by atoms with Gasteiger partial charge in [-0.1, -0.05) is 41.9 Å². The summed E-state index contributed by atoms with van der Waals surface area (Å²) in [6, 6.07) is 15.9. The molecule has 0 aliphatic carbocycles. The second kappa shape index (κ2) is 6.95. The standard InChI is InChI=1S/C18H19ClN2O/c19-16-6-7-18(22)15(10-16)11-20-17-8-9-21(13-17)12-14-4-2-1-3-5-14/h1-7,10-11,17,22H,8-9,12-13H2/p+1/t17-/m0/s1. The van der Waals surface area contributed by atoms with Crippen molar-refractivity contribution >= 4 is 17.8 Å². The van der Waals surface area contributed by atoms with Crippen LogP contribution in [0.1, 0.15) is 17.5 Å². The number of hydrogen-bond acceptors (Lipinski definition) is 2. The number of nitrogens with one attached hydrogen (secondary N) is 1. The van der Waals surface area contributed by atoms with Crippen molar-refractivity contribution in [1.29, 1.82) is 0 Å². The molecule has 1 saturated heterocycles. The van der Waals surface area contributed by atoms with E-state index in [0.29, 0.717) is 16.6 Å². The van der Waals surface area contributed by atoms with E-state index in [2.05, 4.69) is 29.3 Å². The van der Waals surface area contributed by atoms with Gasteiger partial charge in [0, 0.05) is 28.8 Å². The first-order chi connectivity index (χ1) is 10.7. The minimum Gasteiger partial charge on any atom is -0.507 e. The van der Waals surface area contributed by atoms with Gasteiger partial charge in [-0.3, -0.25) is 4.99 Å². The van der Waals surface area contributed by atoms with Gasteiger partial charge in [-0.25, -0.2) is 0 Å². The highest BCUT2D eigenvalue weighted by Crippen LogP contribution is 2.19. The first-order valence-electron chi connectivity index (χ1n) is 7.60. The Morgan fingerprint density at radius 3 is 2.86 bits per heavy atom. The van der Waals surface area contributed by atoms with Gasteiger partial charge in [-0.2, -0.15) is 0 Å². The topological polar surface area (TPSA) is 37.0 Å². The molecule has 2 aromatic rings. The summed E-state index contributed by atoms with van der Waals surface area (Å²) in [7, 11) is 0. The molecule has 2 aromatic carbocycles. The number of likely N-dealkylation sites (tertiary alicyclic amines) is 1. The quantitative estimate of drug-likeness (QED) is 0.835. The van der Waals surface area contributed by atoms with E-state index in [-0.39, 0.29) is 5.75 Å². The van der Waals surface area contributed by atoms with Gasteiger partial charge in [0.05, 0.1) is 6.54 Å². The highest BCUT2D eigenvalue weighted by molar-refractivity contribution is 6.30. The lowest BCUT2D eigenvalue weighted by Crippen LogP contribution is -3.09. The molecule has 0 radical (unpaired) electrons. The fourth-order valence-electron chi connectivity index (χ4n) is 2.89. The monoisotopic (exact) mass is 315 g/mol. The Labute approximate surface area is 135 Å². The summed E-state index contributed by atoms with van der Waals surface area (Å²) in [6.07, 6.45) is 2.83. The smallest absolute Gasteiger partial charge is 0.124 e. The van der Waals surface area contributed by atoms with E-state index in [4.69, 9.17) is 11.6 Å². The molecule has 1 unspecified atom stereocenters. The number of nitrogens with zero attached hydrogens (tertiary/aromatic N) is 1. The molecule has 1 fully saturated rings. The Balaban J connectivity index is 1.59. The minimum absolute atomic E-state index is 0.222. The maximum atomic E-state index is 9.80. The first kappa shape index (κ1) is 15.1. The van der Waals surface area contributed by atoms with Crippen molar-refractivity contribution in [1.82, 2.24) is 0 Å². The number of phenols is 1. The molecule has 3 rings (SSSR count). The van der Waals surface area contributed by atoms with Gasteiger partial charge in [0.1, 0.15) is 24.9 Å². The number of benzene rings is 2. The predicted molar refractivity (Wildman–Crippen MR) is 90.0 cm³/mol. The molecule has 0 aromatic heterocycles. The number of aliphatic imine (C=N–C) groups is 1. The lowest BCUT2D eigenvalue weighted by Gasteiger charge is -2.12. The SMILES string of the molecule is Oc1ccc(Cl)cc1C=N[C@H]1CC[NH+](Cc2ccccc2)C1. The van der Waals surface area contributed by atoms with Crippen LogP contribution in [0.25, 0.3) is 0 Å². The Morgan fingerprint density at radius 2 is 2.05 bits per heavy atom. The van der Waals surface area contributed by atoms with Crippen molar-refractivity contribution < 1.29 is 10.0 Å². The normalized spacial score (nSPS) is 21.5. The molecule has 2 atom stereocenters. The summed E-state index contributed by atoms with van der Waals surface area (Å²) >= 11 is 5.95. The van der Waals surface area contributed by atoms with E-state index < -0.39 is 0 Å². The van der Waals surface area contributed by atoms with Crippen LogP contribution in [0.2, 0.25) is 5.02 Å². The maximum absolute atomic E-state index is 9.80. The van der Waals surface area contributed by atoms with Gasteiger partial charge in [0.25, 0.3) is 0 Å². The fraction of sp³-hybridized carbons (Fsp3) is 0.278. The number of hydrogen-bond donors (Lipinski definition) is 2. The van der Waals surface area contributed by atoms with E-state index >= 15 is 0 Å². The van der Waals surface area contributed by atoms with Crippen LogP contribution in [-0.2, 0) is 6.54 Å². The third-order valence-corrected chi connectivity index (χ3v) is 4.30. The second-order valence-corrected chi connectivity index (χ2v) is 6.23. The molecule has 3 nitrogen and oxygen atoms in total. The molecule has 0 saturated carbocycles. The summed E-state index contributed by atoms with van der Waals surface area (Å²) in [6.45, 7) is 3.22. The lowest BCUT2D eigenvalue weighted by molar-refractivity contribution is -0.901. The van der Waals surface area contributed by atoms with E-state index in [1.54, 1.807) is 29.3 Å². The Kier molecular flexibility index (Phi) is 4.76. The molecule has 1 aliphatic heterocycles. The molecule has 114 valence electrons. The lowest BCUT2D eigenvalue weighted by atomic mass is 10.2. The summed E-state index contributed by atoms with van der Waals surface area (Å²) in [5.74, 6) is 0.222. The third kappa shape index (κ3) is 3.87. The van der Waals surface area contributed by atoms with E-state index in [1.807, 2.05) is 6.07 Å². The molecule has 1 heterocycles. The Hall–Kier alpha value is -1.84. The molecule has 22 heavy (non-hydrogen) atoms.